The van der Waals surface area contributed by atoms with Crippen LogP contribution in [0.3, 0.4) is 0 Å². The van der Waals surface area contributed by atoms with Gasteiger partial charge in [-0.15, -0.1) is 0 Å². The van der Waals surface area contributed by atoms with Gasteiger partial charge in [0.1, 0.15) is 6.04 Å². The first-order chi connectivity index (χ1) is 9.87. The summed E-state index contributed by atoms with van der Waals surface area (Å²) in [5.74, 6) is -1.24. The van der Waals surface area contributed by atoms with Gasteiger partial charge in [0.05, 0.1) is 13.2 Å². The van der Waals surface area contributed by atoms with Gasteiger partial charge in [0.15, 0.2) is 0 Å². The maximum absolute atomic E-state index is 12.2. The molecule has 2 atom stereocenters. The smallest absolute Gasteiger partial charge is 0.328 e. The minimum atomic E-state index is -0.821. The third kappa shape index (κ3) is 4.92. The minimum Gasteiger partial charge on any atom is -0.467 e. The molecule has 0 saturated carbocycles. The van der Waals surface area contributed by atoms with Gasteiger partial charge < -0.3 is 10.1 Å². The highest BCUT2D eigenvalue weighted by atomic mass is 16.5. The van der Waals surface area contributed by atoms with E-state index in [4.69, 9.17) is 5.26 Å². The van der Waals surface area contributed by atoms with E-state index in [9.17, 15) is 9.59 Å². The maximum atomic E-state index is 12.2. The number of nitriles is 1. The summed E-state index contributed by atoms with van der Waals surface area (Å²) >= 11 is 0. The van der Waals surface area contributed by atoms with Crippen LogP contribution in [-0.4, -0.2) is 25.0 Å². The van der Waals surface area contributed by atoms with Crippen molar-refractivity contribution < 1.29 is 14.3 Å². The van der Waals surface area contributed by atoms with Gasteiger partial charge in [-0.05, 0) is 39.3 Å². The van der Waals surface area contributed by atoms with Crippen LogP contribution in [0, 0.1) is 31.1 Å². The predicted octanol–water partition coefficient (Wildman–Crippen LogP) is 2.12. The van der Waals surface area contributed by atoms with E-state index < -0.39 is 12.0 Å². The van der Waals surface area contributed by atoms with Gasteiger partial charge in [-0.3, -0.25) is 4.79 Å². The highest BCUT2D eigenvalue weighted by Crippen LogP contribution is 2.11. The summed E-state index contributed by atoms with van der Waals surface area (Å²) in [4.78, 5) is 24.0. The van der Waals surface area contributed by atoms with Gasteiger partial charge in [0.25, 0.3) is 5.91 Å². The normalized spacial score (nSPS) is 12.9. The van der Waals surface area contributed by atoms with Crippen molar-refractivity contribution in [1.82, 2.24) is 5.32 Å². The van der Waals surface area contributed by atoms with Gasteiger partial charge >= 0.3 is 5.97 Å². The van der Waals surface area contributed by atoms with E-state index in [1.807, 2.05) is 26.0 Å². The van der Waals surface area contributed by atoms with Crippen molar-refractivity contribution in [3.8, 4) is 6.07 Å². The van der Waals surface area contributed by atoms with E-state index in [1.54, 1.807) is 19.1 Å². The molecule has 0 aliphatic heterocycles. The lowest BCUT2D eigenvalue weighted by atomic mass is 10.0. The lowest BCUT2D eigenvalue weighted by Crippen LogP contribution is -2.42. The molecule has 1 aromatic carbocycles. The first kappa shape index (κ1) is 16.7. The Kier molecular flexibility index (Phi) is 5.92. The molecule has 5 nitrogen and oxygen atoms in total. The Hall–Kier alpha value is -2.35. The number of carbonyl (C=O) groups excluding carboxylic acids is 2. The lowest BCUT2D eigenvalue weighted by Gasteiger charge is -2.17. The lowest BCUT2D eigenvalue weighted by molar-refractivity contribution is -0.143. The van der Waals surface area contributed by atoms with Crippen molar-refractivity contribution in [2.24, 2.45) is 5.92 Å². The van der Waals surface area contributed by atoms with Crippen molar-refractivity contribution >= 4 is 11.9 Å². The molecular weight excluding hydrogens is 268 g/mol. The Balaban J connectivity index is 2.89. The number of nitrogens with zero attached hydrogens (tertiary/aromatic N) is 1. The summed E-state index contributed by atoms with van der Waals surface area (Å²) in [7, 11) is 1.26. The topological polar surface area (TPSA) is 79.2 Å². The number of aryl methyl sites for hydroxylation is 2. The van der Waals surface area contributed by atoms with E-state index >= 15 is 0 Å². The molecular formula is C16H20N2O3. The van der Waals surface area contributed by atoms with E-state index in [-0.39, 0.29) is 18.2 Å². The van der Waals surface area contributed by atoms with Gasteiger partial charge in [-0.2, -0.15) is 5.26 Å². The first-order valence-electron chi connectivity index (χ1n) is 6.74. The molecule has 0 unspecified atom stereocenters. The number of esters is 1. The molecule has 1 amide bonds. The third-order valence-corrected chi connectivity index (χ3v) is 3.08. The monoisotopic (exact) mass is 288 g/mol. The number of nitrogens with one attached hydrogen (secondary N) is 1. The molecule has 0 aliphatic rings. The number of ether oxygens (including phenoxy) is 1. The van der Waals surface area contributed by atoms with Gasteiger partial charge in [0, 0.05) is 11.5 Å². The molecule has 0 spiro atoms. The molecule has 0 fully saturated rings. The Morgan fingerprint density at radius 3 is 2.33 bits per heavy atom. The predicted molar refractivity (Wildman–Crippen MR) is 78.6 cm³/mol. The summed E-state index contributed by atoms with van der Waals surface area (Å²) in [5, 5.41) is 11.5. The van der Waals surface area contributed by atoms with E-state index in [2.05, 4.69) is 10.1 Å². The van der Waals surface area contributed by atoms with Crippen molar-refractivity contribution in [3.05, 3.63) is 34.9 Å². The Morgan fingerprint density at radius 2 is 1.86 bits per heavy atom. The van der Waals surface area contributed by atoms with Crippen LogP contribution in [0.5, 0.6) is 0 Å². The summed E-state index contributed by atoms with van der Waals surface area (Å²) in [5.41, 5.74) is 2.44. The molecule has 0 heterocycles. The zero-order valence-corrected chi connectivity index (χ0v) is 12.8. The largest absolute Gasteiger partial charge is 0.467 e. The number of hydrogen-bond acceptors (Lipinski definition) is 4. The molecule has 0 bridgehead atoms. The van der Waals surface area contributed by atoms with Crippen LogP contribution < -0.4 is 5.32 Å². The SMILES string of the molecule is COC(=O)[C@@H](C[C@@H](C)C#N)NC(=O)c1cc(C)cc(C)c1. The Morgan fingerprint density at radius 1 is 1.29 bits per heavy atom. The molecule has 1 rings (SSSR count). The quantitative estimate of drug-likeness (QED) is 0.842. The fourth-order valence-corrected chi connectivity index (χ4v) is 2.11. The van der Waals surface area contributed by atoms with Gasteiger partial charge in [-0.1, -0.05) is 17.2 Å². The number of carbonyl (C=O) groups is 2. The fourth-order valence-electron chi connectivity index (χ4n) is 2.11. The second kappa shape index (κ2) is 7.44. The van der Waals surface area contributed by atoms with Crippen molar-refractivity contribution in [2.75, 3.05) is 7.11 Å². The summed E-state index contributed by atoms with van der Waals surface area (Å²) in [6, 6.07) is 6.70. The molecule has 0 saturated heterocycles. The summed E-state index contributed by atoms with van der Waals surface area (Å²) in [6.45, 7) is 5.50. The molecule has 5 heteroatoms. The molecule has 0 aliphatic carbocycles. The van der Waals surface area contributed by atoms with Gasteiger partial charge in [-0.25, -0.2) is 4.79 Å². The number of methoxy groups -OCH3 is 1. The summed E-state index contributed by atoms with van der Waals surface area (Å²) < 4.78 is 4.68. The van der Waals surface area contributed by atoms with E-state index in [0.29, 0.717) is 5.56 Å². The number of amides is 1. The Bertz CT molecular complexity index is 555. The van der Waals surface area contributed by atoms with Crippen LogP contribution in [0.25, 0.3) is 0 Å². The van der Waals surface area contributed by atoms with Crippen molar-refractivity contribution in [1.29, 1.82) is 5.26 Å². The highest BCUT2D eigenvalue weighted by Gasteiger charge is 2.24. The standard InChI is InChI=1S/C16H20N2O3/c1-10-5-11(2)7-13(6-10)15(19)18-14(16(20)21-4)8-12(3)9-17/h5-7,12,14H,8H2,1-4H3,(H,18,19)/t12-,14-/m1/s1. The van der Waals surface area contributed by atoms with E-state index in [1.165, 1.54) is 7.11 Å². The molecule has 112 valence electrons. The molecule has 0 radical (unpaired) electrons. The minimum absolute atomic E-state index is 0.222. The zero-order chi connectivity index (χ0) is 16.0. The molecule has 21 heavy (non-hydrogen) atoms. The second-order valence-corrected chi connectivity index (χ2v) is 5.19. The first-order valence-corrected chi connectivity index (χ1v) is 6.74. The van der Waals surface area contributed by atoms with Crippen molar-refractivity contribution in [2.45, 2.75) is 33.2 Å². The third-order valence-electron chi connectivity index (χ3n) is 3.08. The fraction of sp³-hybridized carbons (Fsp3) is 0.438. The molecule has 1 N–H and O–H groups in total. The van der Waals surface area contributed by atoms with Crippen LogP contribution in [0.4, 0.5) is 0 Å². The number of hydrogen-bond donors (Lipinski definition) is 1. The zero-order valence-electron chi connectivity index (χ0n) is 12.8. The number of rotatable bonds is 5. The maximum Gasteiger partial charge on any atom is 0.328 e. The highest BCUT2D eigenvalue weighted by molar-refractivity contribution is 5.97. The summed E-state index contributed by atoms with van der Waals surface area (Å²) in [6.07, 6.45) is 0.222. The second-order valence-electron chi connectivity index (χ2n) is 5.19. The van der Waals surface area contributed by atoms with Crippen LogP contribution in [0.2, 0.25) is 0 Å². The van der Waals surface area contributed by atoms with Gasteiger partial charge in [0.2, 0.25) is 0 Å². The number of benzene rings is 1. The van der Waals surface area contributed by atoms with Crippen LogP contribution in [0.1, 0.15) is 34.8 Å². The van der Waals surface area contributed by atoms with Crippen LogP contribution in [-0.2, 0) is 9.53 Å². The average Bonchev–Trinajstić information content (AvgIpc) is 2.44. The van der Waals surface area contributed by atoms with Crippen LogP contribution >= 0.6 is 0 Å². The van der Waals surface area contributed by atoms with E-state index in [0.717, 1.165) is 11.1 Å². The average molecular weight is 288 g/mol. The molecule has 1 aromatic rings. The van der Waals surface area contributed by atoms with Crippen LogP contribution in [0.15, 0.2) is 18.2 Å². The van der Waals surface area contributed by atoms with Crippen molar-refractivity contribution in [3.63, 3.8) is 0 Å². The molecule has 0 aromatic heterocycles. The Labute approximate surface area is 124 Å².